The maximum absolute atomic E-state index is 13.1. The summed E-state index contributed by atoms with van der Waals surface area (Å²) in [6.45, 7) is 4.73. The molecule has 6 nitrogen and oxygen atoms in total. The molecule has 29 heavy (non-hydrogen) atoms. The van der Waals surface area contributed by atoms with Crippen LogP contribution in [-0.2, 0) is 23.2 Å². The number of benzene rings is 2. The van der Waals surface area contributed by atoms with E-state index < -0.39 is 5.54 Å². The largest absolute Gasteiger partial charge is 0.494 e. The Morgan fingerprint density at radius 1 is 1.00 bits per heavy atom. The average molecular weight is 394 g/mol. The van der Waals surface area contributed by atoms with Gasteiger partial charge in [-0.25, -0.2) is 4.79 Å². The first kappa shape index (κ1) is 19.3. The second kappa shape index (κ2) is 7.78. The molecule has 2 aliphatic rings. The van der Waals surface area contributed by atoms with Gasteiger partial charge in [-0.2, -0.15) is 0 Å². The first-order valence-electron chi connectivity index (χ1n) is 10.1. The number of rotatable bonds is 7. The van der Waals surface area contributed by atoms with E-state index in [4.69, 9.17) is 9.47 Å². The third kappa shape index (κ3) is 3.67. The van der Waals surface area contributed by atoms with Crippen LogP contribution in [0.2, 0.25) is 0 Å². The summed E-state index contributed by atoms with van der Waals surface area (Å²) < 4.78 is 11.1. The third-order valence-electron chi connectivity index (χ3n) is 5.67. The van der Waals surface area contributed by atoms with E-state index in [2.05, 4.69) is 17.4 Å². The highest BCUT2D eigenvalue weighted by Crippen LogP contribution is 2.32. The van der Waals surface area contributed by atoms with Crippen molar-refractivity contribution >= 4 is 11.9 Å². The molecular weight excluding hydrogens is 368 g/mol. The van der Waals surface area contributed by atoms with Gasteiger partial charge in [0, 0.05) is 0 Å². The molecule has 6 heteroatoms. The van der Waals surface area contributed by atoms with Crippen molar-refractivity contribution in [3.05, 3.63) is 59.2 Å². The molecule has 1 heterocycles. The number of amides is 3. The van der Waals surface area contributed by atoms with Crippen LogP contribution in [0.1, 0.15) is 37.0 Å². The zero-order valence-electron chi connectivity index (χ0n) is 16.9. The maximum Gasteiger partial charge on any atom is 0.325 e. The molecule has 1 N–H and O–H groups in total. The van der Waals surface area contributed by atoms with Crippen LogP contribution < -0.4 is 14.8 Å². The maximum atomic E-state index is 13.1. The lowest BCUT2D eigenvalue weighted by molar-refractivity contribution is -0.131. The molecule has 0 radical (unpaired) electrons. The molecule has 0 aromatic heterocycles. The van der Waals surface area contributed by atoms with Gasteiger partial charge in [0.15, 0.2) is 0 Å². The van der Waals surface area contributed by atoms with Gasteiger partial charge >= 0.3 is 6.03 Å². The topological polar surface area (TPSA) is 67.9 Å². The first-order valence-corrected chi connectivity index (χ1v) is 10.1. The Balaban J connectivity index is 1.40. The Kier molecular flexibility index (Phi) is 5.18. The van der Waals surface area contributed by atoms with Crippen molar-refractivity contribution in [2.75, 3.05) is 19.8 Å². The van der Waals surface area contributed by atoms with E-state index in [-0.39, 0.29) is 25.1 Å². The number of urea groups is 1. The van der Waals surface area contributed by atoms with Crippen molar-refractivity contribution in [2.45, 2.75) is 38.6 Å². The summed E-state index contributed by atoms with van der Waals surface area (Å²) in [5.74, 6) is 1.21. The average Bonchev–Trinajstić information content (AvgIpc) is 3.27. The summed E-state index contributed by atoms with van der Waals surface area (Å²) in [5, 5.41) is 2.87. The second-order valence-electron chi connectivity index (χ2n) is 7.60. The monoisotopic (exact) mass is 394 g/mol. The highest BCUT2D eigenvalue weighted by molar-refractivity contribution is 6.07. The standard InChI is InChI=1S/C23H26N2O4/c1-3-28-19-9-11-20(12-10-19)29-14-13-25-21(26)23(2,24-22(25)27)18-8-7-16-5-4-6-17(16)15-18/h7-12,15H,3-6,13-14H2,1-2H3,(H,24,27). The van der Waals surface area contributed by atoms with Crippen molar-refractivity contribution in [1.82, 2.24) is 10.2 Å². The number of hydrogen-bond donors (Lipinski definition) is 1. The molecule has 1 saturated heterocycles. The molecule has 1 unspecified atom stereocenters. The minimum absolute atomic E-state index is 0.193. The zero-order valence-corrected chi connectivity index (χ0v) is 16.9. The Bertz CT molecular complexity index is 925. The molecular formula is C23H26N2O4. The van der Waals surface area contributed by atoms with Crippen molar-refractivity contribution in [3.8, 4) is 11.5 Å². The number of hydrogen-bond acceptors (Lipinski definition) is 4. The molecule has 0 bridgehead atoms. The quantitative estimate of drug-likeness (QED) is 0.731. The Morgan fingerprint density at radius 2 is 1.69 bits per heavy atom. The molecule has 2 aromatic carbocycles. The van der Waals surface area contributed by atoms with Gasteiger partial charge in [0.25, 0.3) is 5.91 Å². The molecule has 2 aromatic rings. The highest BCUT2D eigenvalue weighted by atomic mass is 16.5. The predicted octanol–water partition coefficient (Wildman–Crippen LogP) is 3.42. The molecule has 1 aliphatic carbocycles. The smallest absolute Gasteiger partial charge is 0.325 e. The molecule has 0 spiro atoms. The highest BCUT2D eigenvalue weighted by Gasteiger charge is 2.49. The van der Waals surface area contributed by atoms with Crippen molar-refractivity contribution in [1.29, 1.82) is 0 Å². The second-order valence-corrected chi connectivity index (χ2v) is 7.60. The van der Waals surface area contributed by atoms with Crippen LogP contribution in [0.5, 0.6) is 11.5 Å². The van der Waals surface area contributed by atoms with Crippen LogP contribution >= 0.6 is 0 Å². The molecule has 1 atom stereocenters. The lowest BCUT2D eigenvalue weighted by Gasteiger charge is -2.23. The van der Waals surface area contributed by atoms with Crippen LogP contribution in [0, 0.1) is 0 Å². The van der Waals surface area contributed by atoms with Crippen LogP contribution in [0.4, 0.5) is 4.79 Å². The van der Waals surface area contributed by atoms with Gasteiger partial charge < -0.3 is 14.8 Å². The third-order valence-corrected chi connectivity index (χ3v) is 5.67. The predicted molar refractivity (Wildman–Crippen MR) is 109 cm³/mol. The van der Waals surface area contributed by atoms with Crippen LogP contribution in [-0.4, -0.2) is 36.6 Å². The zero-order chi connectivity index (χ0) is 20.4. The number of nitrogens with one attached hydrogen (secondary N) is 1. The summed E-state index contributed by atoms with van der Waals surface area (Å²) in [6.07, 6.45) is 3.26. The summed E-state index contributed by atoms with van der Waals surface area (Å²) >= 11 is 0. The molecule has 1 fully saturated rings. The molecule has 0 saturated carbocycles. The van der Waals surface area contributed by atoms with Gasteiger partial charge in [0.2, 0.25) is 0 Å². The Morgan fingerprint density at radius 3 is 2.41 bits per heavy atom. The fraction of sp³-hybridized carbons (Fsp3) is 0.391. The normalized spacial score (nSPS) is 20.6. The van der Waals surface area contributed by atoms with Gasteiger partial charge in [-0.3, -0.25) is 9.69 Å². The summed E-state index contributed by atoms with van der Waals surface area (Å²) in [7, 11) is 0. The van der Waals surface area contributed by atoms with Gasteiger partial charge in [-0.05, 0) is 74.1 Å². The van der Waals surface area contributed by atoms with E-state index in [1.54, 1.807) is 6.92 Å². The van der Waals surface area contributed by atoms with Gasteiger partial charge in [-0.1, -0.05) is 18.2 Å². The first-order chi connectivity index (χ1) is 14.0. The lowest BCUT2D eigenvalue weighted by atomic mass is 9.90. The van der Waals surface area contributed by atoms with Crippen LogP contribution in [0.15, 0.2) is 42.5 Å². The summed E-state index contributed by atoms with van der Waals surface area (Å²) in [6, 6.07) is 13.0. The number of fused-ring (bicyclic) bond motifs is 1. The van der Waals surface area contributed by atoms with E-state index in [1.807, 2.05) is 37.3 Å². The van der Waals surface area contributed by atoms with E-state index >= 15 is 0 Å². The minimum atomic E-state index is -1.03. The minimum Gasteiger partial charge on any atom is -0.494 e. The van der Waals surface area contributed by atoms with Gasteiger partial charge in [0.1, 0.15) is 23.6 Å². The van der Waals surface area contributed by atoms with Crippen molar-refractivity contribution < 1.29 is 19.1 Å². The van der Waals surface area contributed by atoms with Crippen molar-refractivity contribution in [2.24, 2.45) is 0 Å². The number of nitrogens with zero attached hydrogens (tertiary/aromatic N) is 1. The molecule has 152 valence electrons. The van der Waals surface area contributed by atoms with Gasteiger partial charge in [-0.15, -0.1) is 0 Å². The number of carbonyl (C=O) groups is 2. The Labute approximate surface area is 170 Å². The van der Waals surface area contributed by atoms with Gasteiger partial charge in [0.05, 0.1) is 13.2 Å². The lowest BCUT2D eigenvalue weighted by Crippen LogP contribution is -2.41. The summed E-state index contributed by atoms with van der Waals surface area (Å²) in [4.78, 5) is 26.8. The number of aryl methyl sites for hydroxylation is 2. The molecule has 1 aliphatic heterocycles. The summed E-state index contributed by atoms with van der Waals surface area (Å²) in [5.41, 5.74) is 2.43. The fourth-order valence-electron chi connectivity index (χ4n) is 4.03. The van der Waals surface area contributed by atoms with E-state index in [0.717, 1.165) is 30.6 Å². The van der Waals surface area contributed by atoms with Crippen LogP contribution in [0.3, 0.4) is 0 Å². The van der Waals surface area contributed by atoms with E-state index in [9.17, 15) is 9.59 Å². The Hall–Kier alpha value is -3.02. The van der Waals surface area contributed by atoms with Crippen LogP contribution in [0.25, 0.3) is 0 Å². The number of ether oxygens (including phenoxy) is 2. The number of carbonyl (C=O) groups excluding carboxylic acids is 2. The fourth-order valence-corrected chi connectivity index (χ4v) is 4.03. The molecule has 4 rings (SSSR count). The SMILES string of the molecule is CCOc1ccc(OCCN2C(=O)NC(C)(c3ccc4c(c3)CCC4)C2=O)cc1. The number of imide groups is 1. The van der Waals surface area contributed by atoms with Crippen molar-refractivity contribution in [3.63, 3.8) is 0 Å². The molecule has 3 amide bonds. The van der Waals surface area contributed by atoms with E-state index in [0.29, 0.717) is 12.4 Å². The van der Waals surface area contributed by atoms with E-state index in [1.165, 1.54) is 16.0 Å².